The summed E-state index contributed by atoms with van der Waals surface area (Å²) in [6.07, 6.45) is 4.34. The summed E-state index contributed by atoms with van der Waals surface area (Å²) in [5.74, 6) is 1.67. The Kier molecular flexibility index (Phi) is 6.49. The highest BCUT2D eigenvalue weighted by atomic mass is 16.5. The molecule has 1 aliphatic rings. The molecule has 0 bridgehead atoms. The van der Waals surface area contributed by atoms with E-state index in [-0.39, 0.29) is 5.91 Å². The lowest BCUT2D eigenvalue weighted by atomic mass is 9.90. The summed E-state index contributed by atoms with van der Waals surface area (Å²) in [4.78, 5) is 14.5. The Labute approximate surface area is 161 Å². The molecule has 0 atom stereocenters. The van der Waals surface area contributed by atoms with Crippen molar-refractivity contribution >= 4 is 5.91 Å². The van der Waals surface area contributed by atoms with Gasteiger partial charge in [0.2, 0.25) is 0 Å². The van der Waals surface area contributed by atoms with Gasteiger partial charge < -0.3 is 9.64 Å². The van der Waals surface area contributed by atoms with Crippen molar-refractivity contribution in [3.63, 3.8) is 0 Å². The van der Waals surface area contributed by atoms with Gasteiger partial charge in [-0.2, -0.15) is 5.26 Å². The lowest BCUT2D eigenvalue weighted by molar-refractivity contribution is 0.0687. The second kappa shape index (κ2) is 9.23. The second-order valence-electron chi connectivity index (χ2n) is 7.04. The predicted molar refractivity (Wildman–Crippen MR) is 106 cm³/mol. The van der Waals surface area contributed by atoms with Crippen LogP contribution in [-0.4, -0.2) is 30.5 Å². The van der Waals surface area contributed by atoms with Gasteiger partial charge in [-0.15, -0.1) is 0 Å². The van der Waals surface area contributed by atoms with Crippen molar-refractivity contribution in [3.8, 4) is 11.8 Å². The number of benzene rings is 2. The Morgan fingerprint density at radius 2 is 1.78 bits per heavy atom. The molecule has 0 unspecified atom stereocenters. The molecule has 3 rings (SSSR count). The van der Waals surface area contributed by atoms with Crippen LogP contribution in [-0.2, 0) is 6.42 Å². The maximum absolute atomic E-state index is 12.6. The van der Waals surface area contributed by atoms with Gasteiger partial charge in [-0.05, 0) is 80.5 Å². The van der Waals surface area contributed by atoms with E-state index in [0.29, 0.717) is 23.7 Å². The molecule has 1 heterocycles. The molecule has 0 aromatic heterocycles. The fourth-order valence-corrected chi connectivity index (χ4v) is 3.58. The zero-order valence-corrected chi connectivity index (χ0v) is 15.9. The van der Waals surface area contributed by atoms with Crippen LogP contribution in [0, 0.1) is 17.2 Å². The molecule has 2 aromatic carbocycles. The number of aryl methyl sites for hydroxylation is 1. The van der Waals surface area contributed by atoms with Crippen molar-refractivity contribution in [2.75, 3.05) is 19.7 Å². The van der Waals surface area contributed by atoms with E-state index in [9.17, 15) is 4.79 Å². The second-order valence-corrected chi connectivity index (χ2v) is 7.04. The molecule has 1 fully saturated rings. The van der Waals surface area contributed by atoms with Gasteiger partial charge in [-0.3, -0.25) is 4.79 Å². The van der Waals surface area contributed by atoms with Gasteiger partial charge >= 0.3 is 0 Å². The van der Waals surface area contributed by atoms with Crippen LogP contribution in [0.4, 0.5) is 0 Å². The van der Waals surface area contributed by atoms with E-state index in [1.54, 1.807) is 24.3 Å². The summed E-state index contributed by atoms with van der Waals surface area (Å²) in [5, 5.41) is 8.86. The molecule has 0 radical (unpaired) electrons. The van der Waals surface area contributed by atoms with Crippen LogP contribution in [0.15, 0.2) is 48.5 Å². The third-order valence-electron chi connectivity index (χ3n) is 5.24. The molecular formula is C23H26N2O2. The largest absolute Gasteiger partial charge is 0.494 e. The van der Waals surface area contributed by atoms with Crippen LogP contribution in [0.3, 0.4) is 0 Å². The maximum Gasteiger partial charge on any atom is 0.253 e. The first-order valence-electron chi connectivity index (χ1n) is 9.70. The standard InChI is InChI=1S/C23H26N2O2/c1-2-27-22-11-7-18(8-12-22)3-4-19-13-15-25(16-14-19)23(26)21-9-5-20(17-24)6-10-21/h5-12,19H,2-4,13-16H2,1H3. The Hall–Kier alpha value is -2.80. The van der Waals surface area contributed by atoms with Crippen LogP contribution >= 0.6 is 0 Å². The minimum Gasteiger partial charge on any atom is -0.494 e. The summed E-state index contributed by atoms with van der Waals surface area (Å²) in [7, 11) is 0. The van der Waals surface area contributed by atoms with Gasteiger partial charge in [0.25, 0.3) is 5.91 Å². The molecule has 140 valence electrons. The van der Waals surface area contributed by atoms with Crippen LogP contribution < -0.4 is 4.74 Å². The SMILES string of the molecule is CCOc1ccc(CCC2CCN(C(=O)c3ccc(C#N)cc3)CC2)cc1. The number of nitriles is 1. The van der Waals surface area contributed by atoms with Crippen LogP contribution in [0.2, 0.25) is 0 Å². The number of hydrogen-bond acceptors (Lipinski definition) is 3. The van der Waals surface area contributed by atoms with E-state index in [1.807, 2.05) is 24.0 Å². The van der Waals surface area contributed by atoms with Crippen molar-refractivity contribution in [1.29, 1.82) is 5.26 Å². The summed E-state index contributed by atoms with van der Waals surface area (Å²) in [6.45, 7) is 4.31. The van der Waals surface area contributed by atoms with Crippen molar-refractivity contribution in [2.45, 2.75) is 32.6 Å². The van der Waals surface area contributed by atoms with E-state index in [2.05, 4.69) is 18.2 Å². The maximum atomic E-state index is 12.6. The normalized spacial score (nSPS) is 14.6. The molecule has 1 aliphatic heterocycles. The minimum absolute atomic E-state index is 0.0736. The van der Waals surface area contributed by atoms with Gasteiger partial charge in [0.15, 0.2) is 0 Å². The first kappa shape index (κ1) is 19.0. The topological polar surface area (TPSA) is 53.3 Å². The number of nitrogens with zero attached hydrogens (tertiary/aromatic N) is 2. The van der Waals surface area contributed by atoms with Crippen molar-refractivity contribution < 1.29 is 9.53 Å². The van der Waals surface area contributed by atoms with E-state index < -0.39 is 0 Å². The first-order valence-corrected chi connectivity index (χ1v) is 9.70. The van der Waals surface area contributed by atoms with Crippen molar-refractivity contribution in [3.05, 3.63) is 65.2 Å². The minimum atomic E-state index is 0.0736. The zero-order valence-electron chi connectivity index (χ0n) is 15.9. The number of ether oxygens (including phenoxy) is 1. The molecule has 1 saturated heterocycles. The number of piperidine rings is 1. The zero-order chi connectivity index (χ0) is 19.1. The van der Waals surface area contributed by atoms with Gasteiger partial charge in [0.05, 0.1) is 18.2 Å². The quantitative estimate of drug-likeness (QED) is 0.763. The number of rotatable bonds is 6. The highest BCUT2D eigenvalue weighted by Gasteiger charge is 2.23. The monoisotopic (exact) mass is 362 g/mol. The van der Waals surface area contributed by atoms with Gasteiger partial charge in [0, 0.05) is 18.7 Å². The Bertz CT molecular complexity index is 783. The van der Waals surface area contributed by atoms with E-state index in [0.717, 1.165) is 44.5 Å². The molecule has 1 amide bonds. The average molecular weight is 362 g/mol. The van der Waals surface area contributed by atoms with Crippen LogP contribution in [0.1, 0.15) is 47.7 Å². The van der Waals surface area contributed by atoms with Crippen molar-refractivity contribution in [2.24, 2.45) is 5.92 Å². The average Bonchev–Trinajstić information content (AvgIpc) is 2.73. The van der Waals surface area contributed by atoms with Gasteiger partial charge in [0.1, 0.15) is 5.75 Å². The number of likely N-dealkylation sites (tertiary alicyclic amines) is 1. The highest BCUT2D eigenvalue weighted by Crippen LogP contribution is 2.24. The summed E-state index contributed by atoms with van der Waals surface area (Å²) >= 11 is 0. The molecule has 4 nitrogen and oxygen atoms in total. The number of carbonyl (C=O) groups excluding carboxylic acids is 1. The molecule has 0 spiro atoms. The smallest absolute Gasteiger partial charge is 0.253 e. The number of carbonyl (C=O) groups is 1. The Morgan fingerprint density at radius 1 is 1.11 bits per heavy atom. The van der Waals surface area contributed by atoms with Gasteiger partial charge in [-0.25, -0.2) is 0 Å². The summed E-state index contributed by atoms with van der Waals surface area (Å²) < 4.78 is 5.49. The highest BCUT2D eigenvalue weighted by molar-refractivity contribution is 5.94. The van der Waals surface area contributed by atoms with Gasteiger partial charge in [-0.1, -0.05) is 12.1 Å². The van der Waals surface area contributed by atoms with Crippen LogP contribution in [0.25, 0.3) is 0 Å². The molecular weight excluding hydrogens is 336 g/mol. The van der Waals surface area contributed by atoms with Crippen molar-refractivity contribution in [1.82, 2.24) is 4.90 Å². The van der Waals surface area contributed by atoms with E-state index in [4.69, 9.17) is 10.00 Å². The third kappa shape index (κ3) is 5.10. The molecule has 0 saturated carbocycles. The molecule has 27 heavy (non-hydrogen) atoms. The lowest BCUT2D eigenvalue weighted by Crippen LogP contribution is -2.38. The number of amides is 1. The van der Waals surface area contributed by atoms with E-state index >= 15 is 0 Å². The van der Waals surface area contributed by atoms with E-state index in [1.165, 1.54) is 5.56 Å². The Balaban J connectivity index is 1.45. The predicted octanol–water partition coefficient (Wildman–Crippen LogP) is 4.44. The first-order chi connectivity index (χ1) is 13.2. The fraction of sp³-hybridized carbons (Fsp3) is 0.391. The Morgan fingerprint density at radius 3 is 2.37 bits per heavy atom. The lowest BCUT2D eigenvalue weighted by Gasteiger charge is -2.32. The molecule has 0 aliphatic carbocycles. The summed E-state index contributed by atoms with van der Waals surface area (Å²) in [6, 6.07) is 17.4. The fourth-order valence-electron chi connectivity index (χ4n) is 3.58. The molecule has 4 heteroatoms. The molecule has 0 N–H and O–H groups in total. The summed E-state index contributed by atoms with van der Waals surface area (Å²) in [5.41, 5.74) is 2.59. The third-order valence-corrected chi connectivity index (χ3v) is 5.24. The molecule has 2 aromatic rings. The number of hydrogen-bond donors (Lipinski definition) is 0. The van der Waals surface area contributed by atoms with Crippen LogP contribution in [0.5, 0.6) is 5.75 Å².